The molecule has 0 aliphatic heterocycles. The average Bonchev–Trinajstić information content (AvgIpc) is 2.41. The van der Waals surface area contributed by atoms with Gasteiger partial charge in [-0.3, -0.25) is 0 Å². The molecule has 102 valence electrons. The van der Waals surface area contributed by atoms with Crippen LogP contribution in [0.5, 0.6) is 5.75 Å². The number of rotatable bonds is 8. The first-order valence-electron chi connectivity index (χ1n) is 6.75. The van der Waals surface area contributed by atoms with Crippen molar-refractivity contribution in [2.75, 3.05) is 13.7 Å². The quantitative estimate of drug-likeness (QED) is 0.766. The Morgan fingerprint density at radius 1 is 1.17 bits per heavy atom. The maximum atomic E-state index is 5.84. The number of halogens is 1. The highest BCUT2D eigenvalue weighted by molar-refractivity contribution is 6.30. The Labute approximate surface area is 116 Å². The summed E-state index contributed by atoms with van der Waals surface area (Å²) in [4.78, 5) is 0. The molecule has 1 unspecified atom stereocenters. The Hall–Kier alpha value is -0.730. The van der Waals surface area contributed by atoms with Gasteiger partial charge in [0.1, 0.15) is 12.4 Å². The normalized spacial score (nSPS) is 12.7. The predicted molar refractivity (Wildman–Crippen MR) is 78.5 cm³/mol. The predicted octanol–water partition coefficient (Wildman–Crippen LogP) is 4.13. The maximum absolute atomic E-state index is 5.84. The summed E-state index contributed by atoms with van der Waals surface area (Å²) in [6.45, 7) is 5.20. The van der Waals surface area contributed by atoms with E-state index in [0.29, 0.717) is 12.6 Å². The summed E-state index contributed by atoms with van der Waals surface area (Å²) in [5.41, 5.74) is 0. The highest BCUT2D eigenvalue weighted by Gasteiger charge is 2.13. The topological polar surface area (TPSA) is 21.3 Å². The van der Waals surface area contributed by atoms with Crippen molar-refractivity contribution < 1.29 is 4.74 Å². The van der Waals surface area contributed by atoms with Gasteiger partial charge in [-0.05, 0) is 43.7 Å². The number of nitrogens with one attached hydrogen (secondary N) is 1. The minimum atomic E-state index is 0.408. The lowest BCUT2D eigenvalue weighted by atomic mass is 9.95. The highest BCUT2D eigenvalue weighted by Crippen LogP contribution is 2.18. The van der Waals surface area contributed by atoms with Gasteiger partial charge in [0.2, 0.25) is 0 Å². The number of hydrogen-bond donors (Lipinski definition) is 1. The summed E-state index contributed by atoms with van der Waals surface area (Å²) in [5.74, 6) is 1.65. The maximum Gasteiger partial charge on any atom is 0.119 e. The summed E-state index contributed by atoms with van der Waals surface area (Å²) in [7, 11) is 2.00. The molecule has 0 saturated heterocycles. The molecular weight excluding hydrogens is 246 g/mol. The molecule has 0 saturated carbocycles. The van der Waals surface area contributed by atoms with E-state index in [-0.39, 0.29) is 0 Å². The standard InChI is InChI=1S/C15H24ClNO/c1-4-12(5-2)10-14(17-3)11-18-15-8-6-13(16)7-9-15/h6-9,12,14,17H,4-5,10-11H2,1-3H3. The minimum absolute atomic E-state index is 0.408. The van der Waals surface area contributed by atoms with Gasteiger partial charge in [-0.1, -0.05) is 38.3 Å². The third kappa shape index (κ3) is 5.28. The molecule has 2 nitrogen and oxygen atoms in total. The van der Waals surface area contributed by atoms with Crippen molar-refractivity contribution in [3.05, 3.63) is 29.3 Å². The van der Waals surface area contributed by atoms with E-state index in [1.807, 2.05) is 31.3 Å². The zero-order valence-electron chi connectivity index (χ0n) is 11.6. The Morgan fingerprint density at radius 2 is 1.78 bits per heavy atom. The first kappa shape index (κ1) is 15.3. The molecule has 1 atom stereocenters. The fourth-order valence-electron chi connectivity index (χ4n) is 2.02. The van der Waals surface area contributed by atoms with E-state index in [0.717, 1.165) is 23.1 Å². The molecule has 1 rings (SSSR count). The van der Waals surface area contributed by atoms with Crippen molar-refractivity contribution in [1.29, 1.82) is 0 Å². The first-order chi connectivity index (χ1) is 8.69. The van der Waals surface area contributed by atoms with E-state index in [1.165, 1.54) is 12.8 Å². The van der Waals surface area contributed by atoms with Gasteiger partial charge in [0.25, 0.3) is 0 Å². The number of likely N-dealkylation sites (N-methyl/N-ethyl adjacent to an activating group) is 1. The van der Waals surface area contributed by atoms with Crippen LogP contribution in [-0.4, -0.2) is 19.7 Å². The first-order valence-corrected chi connectivity index (χ1v) is 7.13. The monoisotopic (exact) mass is 269 g/mol. The SMILES string of the molecule is CCC(CC)CC(COc1ccc(Cl)cc1)NC. The van der Waals surface area contributed by atoms with Crippen molar-refractivity contribution in [3.8, 4) is 5.75 Å². The van der Waals surface area contributed by atoms with Crippen LogP contribution in [0.2, 0.25) is 5.02 Å². The number of ether oxygens (including phenoxy) is 1. The van der Waals surface area contributed by atoms with Crippen molar-refractivity contribution in [2.45, 2.75) is 39.2 Å². The Balaban J connectivity index is 2.41. The van der Waals surface area contributed by atoms with Gasteiger partial charge < -0.3 is 10.1 Å². The molecule has 1 aromatic rings. The van der Waals surface area contributed by atoms with Crippen molar-refractivity contribution >= 4 is 11.6 Å². The Kier molecular flexibility index (Phi) is 7.14. The molecule has 0 bridgehead atoms. The lowest BCUT2D eigenvalue weighted by Crippen LogP contribution is -2.33. The lowest BCUT2D eigenvalue weighted by Gasteiger charge is -2.21. The number of benzene rings is 1. The van der Waals surface area contributed by atoms with Gasteiger partial charge in [-0.2, -0.15) is 0 Å². The van der Waals surface area contributed by atoms with Crippen molar-refractivity contribution in [1.82, 2.24) is 5.32 Å². The fraction of sp³-hybridized carbons (Fsp3) is 0.600. The van der Waals surface area contributed by atoms with Gasteiger partial charge in [-0.15, -0.1) is 0 Å². The molecule has 0 radical (unpaired) electrons. The van der Waals surface area contributed by atoms with E-state index in [9.17, 15) is 0 Å². The molecule has 1 aromatic carbocycles. The zero-order chi connectivity index (χ0) is 13.4. The summed E-state index contributed by atoms with van der Waals surface area (Å²) in [6, 6.07) is 7.93. The zero-order valence-corrected chi connectivity index (χ0v) is 12.3. The molecule has 18 heavy (non-hydrogen) atoms. The second-order valence-electron chi connectivity index (χ2n) is 4.67. The third-order valence-corrected chi connectivity index (χ3v) is 3.70. The molecule has 0 fully saturated rings. The molecule has 1 N–H and O–H groups in total. The third-order valence-electron chi connectivity index (χ3n) is 3.45. The van der Waals surface area contributed by atoms with E-state index < -0.39 is 0 Å². The summed E-state index contributed by atoms with van der Waals surface area (Å²) in [6.07, 6.45) is 3.63. The van der Waals surface area contributed by atoms with Crippen LogP contribution in [0.1, 0.15) is 33.1 Å². The molecule has 3 heteroatoms. The summed E-state index contributed by atoms with van der Waals surface area (Å²) < 4.78 is 5.78. The van der Waals surface area contributed by atoms with Gasteiger partial charge >= 0.3 is 0 Å². The smallest absolute Gasteiger partial charge is 0.119 e. The second kappa shape index (κ2) is 8.39. The number of hydrogen-bond acceptors (Lipinski definition) is 2. The van der Waals surface area contributed by atoms with Crippen LogP contribution in [0, 0.1) is 5.92 Å². The van der Waals surface area contributed by atoms with Gasteiger partial charge in [-0.25, -0.2) is 0 Å². The van der Waals surface area contributed by atoms with E-state index in [1.54, 1.807) is 0 Å². The van der Waals surface area contributed by atoms with Crippen LogP contribution in [-0.2, 0) is 0 Å². The van der Waals surface area contributed by atoms with Gasteiger partial charge in [0.15, 0.2) is 0 Å². The van der Waals surface area contributed by atoms with Gasteiger partial charge in [0, 0.05) is 11.1 Å². The minimum Gasteiger partial charge on any atom is -0.492 e. The molecule has 0 amide bonds. The van der Waals surface area contributed by atoms with Crippen LogP contribution in [0.4, 0.5) is 0 Å². The molecule has 0 aliphatic rings. The van der Waals surface area contributed by atoms with Crippen LogP contribution >= 0.6 is 11.6 Å². The lowest BCUT2D eigenvalue weighted by molar-refractivity contribution is 0.241. The van der Waals surface area contributed by atoms with Crippen molar-refractivity contribution in [3.63, 3.8) is 0 Å². The fourth-order valence-corrected chi connectivity index (χ4v) is 2.15. The van der Waals surface area contributed by atoms with E-state index in [2.05, 4.69) is 19.2 Å². The van der Waals surface area contributed by atoms with Crippen LogP contribution in [0.3, 0.4) is 0 Å². The van der Waals surface area contributed by atoms with Gasteiger partial charge in [0.05, 0.1) is 0 Å². The van der Waals surface area contributed by atoms with Crippen molar-refractivity contribution in [2.24, 2.45) is 5.92 Å². The summed E-state index contributed by atoms with van der Waals surface area (Å²) >= 11 is 5.84. The second-order valence-corrected chi connectivity index (χ2v) is 5.11. The largest absolute Gasteiger partial charge is 0.492 e. The van der Waals surface area contributed by atoms with E-state index in [4.69, 9.17) is 16.3 Å². The highest BCUT2D eigenvalue weighted by atomic mass is 35.5. The summed E-state index contributed by atoms with van der Waals surface area (Å²) in [5, 5.41) is 4.07. The molecular formula is C15H24ClNO. The molecule has 0 heterocycles. The van der Waals surface area contributed by atoms with Crippen LogP contribution in [0.25, 0.3) is 0 Å². The Morgan fingerprint density at radius 3 is 2.28 bits per heavy atom. The average molecular weight is 270 g/mol. The van der Waals surface area contributed by atoms with Crippen LogP contribution in [0.15, 0.2) is 24.3 Å². The molecule has 0 aliphatic carbocycles. The molecule has 0 spiro atoms. The Bertz CT molecular complexity index is 322. The molecule has 0 aromatic heterocycles. The van der Waals surface area contributed by atoms with E-state index >= 15 is 0 Å². The van der Waals surface area contributed by atoms with Crippen LogP contribution < -0.4 is 10.1 Å².